The highest BCUT2D eigenvalue weighted by Gasteiger charge is 2.31. The maximum Gasteiger partial charge on any atom is 0.165 e. The van der Waals surface area contributed by atoms with Crippen LogP contribution in [0.1, 0.15) is 41.9 Å². The van der Waals surface area contributed by atoms with E-state index in [1.165, 1.54) is 11.1 Å². The van der Waals surface area contributed by atoms with Crippen molar-refractivity contribution in [2.45, 2.75) is 50.4 Å². The van der Waals surface area contributed by atoms with Gasteiger partial charge in [-0.2, -0.15) is 0 Å². The molecular weight excluding hydrogens is 546 g/mol. The molecule has 0 bridgehead atoms. The summed E-state index contributed by atoms with van der Waals surface area (Å²) in [6, 6.07) is 22.5. The Kier molecular flexibility index (Phi) is 12.0. The third kappa shape index (κ3) is 8.86. The molecule has 5 rings (SSSR count). The molecule has 1 fully saturated rings. The van der Waals surface area contributed by atoms with Crippen LogP contribution in [0.5, 0.6) is 23.0 Å². The van der Waals surface area contributed by atoms with Gasteiger partial charge >= 0.3 is 0 Å². The summed E-state index contributed by atoms with van der Waals surface area (Å²) in [5.41, 5.74) is 3.51. The van der Waals surface area contributed by atoms with E-state index in [2.05, 4.69) is 35.6 Å². The predicted molar refractivity (Wildman–Crippen MR) is 166 cm³/mol. The summed E-state index contributed by atoms with van der Waals surface area (Å²) in [5, 5.41) is 3.50. The minimum Gasteiger partial charge on any atom is -0.496 e. The Bertz CT molecular complexity index is 1250. The van der Waals surface area contributed by atoms with E-state index in [1.54, 1.807) is 14.2 Å². The van der Waals surface area contributed by atoms with E-state index in [4.69, 9.17) is 33.2 Å². The molecule has 0 aromatic heterocycles. The molecule has 0 saturated carbocycles. The predicted octanol–water partition coefficient (Wildman–Crippen LogP) is 5.56. The molecule has 0 radical (unpaired) electrons. The fourth-order valence-electron chi connectivity index (χ4n) is 5.69. The van der Waals surface area contributed by atoms with E-state index in [-0.39, 0.29) is 12.2 Å². The van der Waals surface area contributed by atoms with Crippen LogP contribution in [0.3, 0.4) is 0 Å². The van der Waals surface area contributed by atoms with Crippen LogP contribution in [0.15, 0.2) is 66.7 Å². The van der Waals surface area contributed by atoms with Gasteiger partial charge < -0.3 is 38.5 Å². The van der Waals surface area contributed by atoms with Gasteiger partial charge in [-0.15, -0.1) is 0 Å². The minimum atomic E-state index is -0.0178. The Morgan fingerprint density at radius 1 is 0.837 bits per heavy atom. The van der Waals surface area contributed by atoms with E-state index < -0.39 is 0 Å². The Labute approximate surface area is 255 Å². The van der Waals surface area contributed by atoms with Crippen LogP contribution in [0, 0.1) is 0 Å². The Morgan fingerprint density at radius 2 is 1.65 bits per heavy atom. The molecule has 1 N–H and O–H groups in total. The summed E-state index contributed by atoms with van der Waals surface area (Å²) < 4.78 is 41.1. The Balaban J connectivity index is 1.05. The van der Waals surface area contributed by atoms with Gasteiger partial charge in [0.25, 0.3) is 0 Å². The van der Waals surface area contributed by atoms with Gasteiger partial charge in [0.05, 0.1) is 46.2 Å². The fourth-order valence-corrected chi connectivity index (χ4v) is 5.69. The number of methoxy groups -OCH3 is 2. The quantitative estimate of drug-likeness (QED) is 0.205. The number of ether oxygens (including phenoxy) is 7. The van der Waals surface area contributed by atoms with E-state index in [0.29, 0.717) is 45.6 Å². The van der Waals surface area contributed by atoms with Crippen LogP contribution < -0.4 is 24.3 Å². The molecule has 8 heteroatoms. The van der Waals surface area contributed by atoms with Gasteiger partial charge in [-0.1, -0.05) is 42.5 Å². The first-order valence-electron chi connectivity index (χ1n) is 15.4. The number of fused-ring (bicyclic) bond motifs is 1. The molecule has 2 heterocycles. The molecule has 0 aliphatic carbocycles. The zero-order valence-electron chi connectivity index (χ0n) is 25.4. The van der Waals surface area contributed by atoms with Crippen molar-refractivity contribution in [3.05, 3.63) is 83.4 Å². The SMILES string of the molecule is COCCCOc1cccc2c1OC(COC1CNCCC1c1ccc(OCCCOCc3ccccc3OC)cc1)C2. The number of hydrogen-bond donors (Lipinski definition) is 1. The van der Waals surface area contributed by atoms with Crippen molar-refractivity contribution in [2.24, 2.45) is 0 Å². The van der Waals surface area contributed by atoms with Gasteiger partial charge in [0.1, 0.15) is 17.6 Å². The second kappa shape index (κ2) is 16.5. The lowest BCUT2D eigenvalue weighted by Gasteiger charge is -2.33. The first-order chi connectivity index (χ1) is 21.2. The Hall–Kier alpha value is -3.30. The van der Waals surface area contributed by atoms with Gasteiger partial charge in [0.2, 0.25) is 0 Å². The molecule has 3 aromatic rings. The number of benzene rings is 3. The minimum absolute atomic E-state index is 0.0178. The van der Waals surface area contributed by atoms with Gasteiger partial charge in [0.15, 0.2) is 11.5 Å². The summed E-state index contributed by atoms with van der Waals surface area (Å²) in [6.07, 6.45) is 3.58. The molecule has 3 unspecified atom stereocenters. The summed E-state index contributed by atoms with van der Waals surface area (Å²) in [5.74, 6) is 3.70. The molecule has 0 amide bonds. The van der Waals surface area contributed by atoms with Crippen LogP contribution in [-0.4, -0.2) is 72.6 Å². The van der Waals surface area contributed by atoms with E-state index in [0.717, 1.165) is 67.3 Å². The molecule has 0 spiro atoms. The highest BCUT2D eigenvalue weighted by atomic mass is 16.6. The van der Waals surface area contributed by atoms with Crippen LogP contribution in [0.2, 0.25) is 0 Å². The lowest BCUT2D eigenvalue weighted by molar-refractivity contribution is -0.0150. The standard InChI is InChI=1S/C35H45NO7/c1-37-18-6-21-41-33-11-5-9-27-22-30(43-35(27)33)25-42-34-23-36-17-16-31(34)26-12-14-29(15-13-26)40-20-7-19-39-24-28-8-3-4-10-32(28)38-2/h3-5,8-15,30-31,34,36H,6-7,16-25H2,1-2H3. The zero-order chi connectivity index (χ0) is 29.7. The van der Waals surface area contributed by atoms with E-state index in [9.17, 15) is 0 Å². The first kappa shape index (κ1) is 31.1. The molecule has 2 aliphatic heterocycles. The van der Waals surface area contributed by atoms with Crippen LogP contribution in [0.4, 0.5) is 0 Å². The Morgan fingerprint density at radius 3 is 2.51 bits per heavy atom. The van der Waals surface area contributed by atoms with Crippen molar-refractivity contribution < 1.29 is 33.2 Å². The van der Waals surface area contributed by atoms with Crippen LogP contribution in [-0.2, 0) is 27.2 Å². The average Bonchev–Trinajstić information content (AvgIpc) is 3.48. The van der Waals surface area contributed by atoms with Crippen molar-refractivity contribution >= 4 is 0 Å². The van der Waals surface area contributed by atoms with Crippen molar-refractivity contribution in [3.8, 4) is 23.0 Å². The average molecular weight is 592 g/mol. The van der Waals surface area contributed by atoms with Gasteiger partial charge in [-0.05, 0) is 42.8 Å². The fraction of sp³-hybridized carbons (Fsp3) is 0.486. The number of para-hydroxylation sites is 2. The molecule has 8 nitrogen and oxygen atoms in total. The molecule has 1 saturated heterocycles. The summed E-state index contributed by atoms with van der Waals surface area (Å²) in [6.45, 7) is 5.39. The lowest BCUT2D eigenvalue weighted by Crippen LogP contribution is -2.42. The molecule has 43 heavy (non-hydrogen) atoms. The van der Waals surface area contributed by atoms with Crippen molar-refractivity contribution in [2.75, 3.05) is 60.3 Å². The monoisotopic (exact) mass is 591 g/mol. The second-order valence-corrected chi connectivity index (χ2v) is 11.0. The number of rotatable bonds is 17. The molecule has 2 aliphatic rings. The molecular formula is C35H45NO7. The van der Waals surface area contributed by atoms with E-state index >= 15 is 0 Å². The molecule has 232 valence electrons. The summed E-state index contributed by atoms with van der Waals surface area (Å²) >= 11 is 0. The molecule has 3 aromatic carbocycles. The summed E-state index contributed by atoms with van der Waals surface area (Å²) in [4.78, 5) is 0. The smallest absolute Gasteiger partial charge is 0.165 e. The zero-order valence-corrected chi connectivity index (χ0v) is 25.4. The van der Waals surface area contributed by atoms with Crippen molar-refractivity contribution in [3.63, 3.8) is 0 Å². The van der Waals surface area contributed by atoms with Crippen molar-refractivity contribution in [1.82, 2.24) is 5.32 Å². The van der Waals surface area contributed by atoms with Gasteiger partial charge in [0, 0.05) is 56.6 Å². The van der Waals surface area contributed by atoms with Gasteiger partial charge in [-0.25, -0.2) is 0 Å². The summed E-state index contributed by atoms with van der Waals surface area (Å²) in [7, 11) is 3.38. The highest BCUT2D eigenvalue weighted by Crippen LogP contribution is 2.38. The third-order valence-electron chi connectivity index (χ3n) is 7.93. The van der Waals surface area contributed by atoms with Crippen LogP contribution >= 0.6 is 0 Å². The van der Waals surface area contributed by atoms with E-state index in [1.807, 2.05) is 36.4 Å². The maximum atomic E-state index is 6.50. The number of hydrogen-bond acceptors (Lipinski definition) is 8. The maximum absolute atomic E-state index is 6.50. The van der Waals surface area contributed by atoms with Crippen LogP contribution in [0.25, 0.3) is 0 Å². The second-order valence-electron chi connectivity index (χ2n) is 11.0. The topological polar surface area (TPSA) is 76.6 Å². The third-order valence-corrected chi connectivity index (χ3v) is 7.93. The first-order valence-corrected chi connectivity index (χ1v) is 15.4. The number of nitrogens with one attached hydrogen (secondary N) is 1. The normalized spacial score (nSPS) is 19.4. The van der Waals surface area contributed by atoms with Crippen molar-refractivity contribution in [1.29, 1.82) is 0 Å². The lowest BCUT2D eigenvalue weighted by atomic mass is 9.87. The molecule has 3 atom stereocenters. The van der Waals surface area contributed by atoms with Gasteiger partial charge in [-0.3, -0.25) is 0 Å². The number of piperidine rings is 1. The highest BCUT2D eigenvalue weighted by molar-refractivity contribution is 5.49. The largest absolute Gasteiger partial charge is 0.496 e.